The van der Waals surface area contributed by atoms with Crippen molar-refractivity contribution in [2.45, 2.75) is 19.9 Å². The fourth-order valence-corrected chi connectivity index (χ4v) is 4.14. The molecule has 1 N–H and O–H groups in total. The van der Waals surface area contributed by atoms with E-state index in [-0.39, 0.29) is 12.3 Å². The van der Waals surface area contributed by atoms with Crippen LogP contribution < -0.4 is 4.90 Å². The van der Waals surface area contributed by atoms with E-state index in [0.29, 0.717) is 17.7 Å². The summed E-state index contributed by atoms with van der Waals surface area (Å²) in [5.74, 6) is -0.870. The van der Waals surface area contributed by atoms with Gasteiger partial charge in [0.05, 0.1) is 19.2 Å². The maximum atomic E-state index is 13.0. The Hall–Kier alpha value is -4.12. The topological polar surface area (TPSA) is 70.8 Å². The maximum absolute atomic E-state index is 13.0. The number of anilines is 1. The zero-order valence-electron chi connectivity index (χ0n) is 17.5. The molecular formula is C27H21NO4. The molecule has 0 unspecified atom stereocenters. The number of carbonyl (C=O) groups excluding carboxylic acids is 1. The van der Waals surface area contributed by atoms with Crippen LogP contribution in [-0.4, -0.2) is 17.0 Å². The van der Waals surface area contributed by atoms with E-state index in [2.05, 4.69) is 0 Å². The first kappa shape index (κ1) is 19.8. The number of amides is 1. The lowest BCUT2D eigenvalue weighted by atomic mass is 10.0. The summed E-state index contributed by atoms with van der Waals surface area (Å²) in [6, 6.07) is 19.5. The van der Waals surface area contributed by atoms with E-state index in [1.165, 1.54) is 6.26 Å². The molecule has 3 aromatic carbocycles. The summed E-state index contributed by atoms with van der Waals surface area (Å²) in [5.41, 5.74) is 7.05. The predicted octanol–water partition coefficient (Wildman–Crippen LogP) is 5.70. The third-order valence-corrected chi connectivity index (χ3v) is 5.83. The minimum atomic E-state index is -0.885. The molecule has 0 bridgehead atoms. The SMILES string of the molecule is Cc1ccc(N2Cc3c(/C=C/c4ccc5c(CC(=O)O)coc5c4)cccc3C2=O)cc1. The summed E-state index contributed by atoms with van der Waals surface area (Å²) in [7, 11) is 0. The molecule has 1 aliphatic heterocycles. The average Bonchev–Trinajstić information content (AvgIpc) is 3.33. The molecule has 0 spiro atoms. The fraction of sp³-hybridized carbons (Fsp3) is 0.111. The Balaban J connectivity index is 1.42. The highest BCUT2D eigenvalue weighted by Crippen LogP contribution is 2.32. The molecule has 0 saturated carbocycles. The zero-order valence-corrected chi connectivity index (χ0v) is 17.5. The van der Waals surface area contributed by atoms with Crippen LogP contribution in [-0.2, 0) is 17.8 Å². The first-order valence-electron chi connectivity index (χ1n) is 10.4. The second-order valence-corrected chi connectivity index (χ2v) is 8.02. The van der Waals surface area contributed by atoms with Crippen molar-refractivity contribution in [2.24, 2.45) is 0 Å². The summed E-state index contributed by atoms with van der Waals surface area (Å²) in [6.45, 7) is 2.56. The van der Waals surface area contributed by atoms with Gasteiger partial charge in [-0.3, -0.25) is 9.59 Å². The van der Waals surface area contributed by atoms with Crippen LogP contribution in [0.2, 0.25) is 0 Å². The van der Waals surface area contributed by atoms with Crippen LogP contribution >= 0.6 is 0 Å². The fourth-order valence-electron chi connectivity index (χ4n) is 4.14. The number of carboxylic acids is 1. The molecular weight excluding hydrogens is 402 g/mol. The third-order valence-electron chi connectivity index (χ3n) is 5.83. The Bertz CT molecular complexity index is 1380. The minimum Gasteiger partial charge on any atom is -0.481 e. The van der Waals surface area contributed by atoms with Crippen molar-refractivity contribution in [3.05, 3.63) is 100 Å². The minimum absolute atomic E-state index is 0.0158. The number of aliphatic carboxylic acids is 1. The van der Waals surface area contributed by atoms with E-state index < -0.39 is 5.97 Å². The molecule has 5 heteroatoms. The van der Waals surface area contributed by atoms with Gasteiger partial charge in [-0.2, -0.15) is 0 Å². The smallest absolute Gasteiger partial charge is 0.307 e. The Morgan fingerprint density at radius 3 is 2.69 bits per heavy atom. The standard InChI is InChI=1S/C27H21NO4/c1-17-5-10-21(11-6-17)28-15-24-19(3-2-4-23(24)27(28)31)9-7-18-8-12-22-20(14-26(29)30)16-32-25(22)13-18/h2-13,16H,14-15H2,1H3,(H,29,30)/b9-7+. The molecule has 1 amide bonds. The van der Waals surface area contributed by atoms with Gasteiger partial charge in [0.2, 0.25) is 0 Å². The van der Waals surface area contributed by atoms with E-state index in [0.717, 1.165) is 38.9 Å². The van der Waals surface area contributed by atoms with Crippen molar-refractivity contribution in [1.82, 2.24) is 0 Å². The lowest BCUT2D eigenvalue weighted by molar-refractivity contribution is -0.136. The number of carboxylic acid groups (broad SMARTS) is 1. The monoisotopic (exact) mass is 423 g/mol. The van der Waals surface area contributed by atoms with Gasteiger partial charge in [0, 0.05) is 22.2 Å². The van der Waals surface area contributed by atoms with Crippen LogP contribution in [0.3, 0.4) is 0 Å². The zero-order chi connectivity index (χ0) is 22.2. The molecule has 5 nitrogen and oxygen atoms in total. The quantitative estimate of drug-likeness (QED) is 0.418. The Morgan fingerprint density at radius 1 is 1.09 bits per heavy atom. The number of aryl methyl sites for hydroxylation is 1. The molecule has 2 heterocycles. The van der Waals surface area contributed by atoms with Gasteiger partial charge >= 0.3 is 5.97 Å². The number of fused-ring (bicyclic) bond motifs is 2. The van der Waals surface area contributed by atoms with Gasteiger partial charge in [-0.05, 0) is 47.9 Å². The molecule has 1 aliphatic rings. The van der Waals surface area contributed by atoms with E-state index in [1.807, 2.05) is 79.7 Å². The Labute approximate surface area is 185 Å². The number of carbonyl (C=O) groups is 2. The number of nitrogens with zero attached hydrogens (tertiary/aromatic N) is 1. The van der Waals surface area contributed by atoms with Gasteiger partial charge in [-0.15, -0.1) is 0 Å². The molecule has 158 valence electrons. The van der Waals surface area contributed by atoms with E-state index in [9.17, 15) is 9.59 Å². The second-order valence-electron chi connectivity index (χ2n) is 8.02. The third kappa shape index (κ3) is 3.58. The molecule has 1 aromatic heterocycles. The van der Waals surface area contributed by atoms with Crippen LogP contribution in [0.25, 0.3) is 23.1 Å². The number of furan rings is 1. The molecule has 0 saturated heterocycles. The summed E-state index contributed by atoms with van der Waals surface area (Å²) in [6.07, 6.45) is 5.42. The van der Waals surface area contributed by atoms with Crippen LogP contribution in [0.1, 0.15) is 38.2 Å². The van der Waals surface area contributed by atoms with E-state index >= 15 is 0 Å². The van der Waals surface area contributed by atoms with Gasteiger partial charge in [0.1, 0.15) is 5.58 Å². The predicted molar refractivity (Wildman–Crippen MR) is 125 cm³/mol. The first-order chi connectivity index (χ1) is 15.5. The van der Waals surface area contributed by atoms with Crippen molar-refractivity contribution in [1.29, 1.82) is 0 Å². The van der Waals surface area contributed by atoms with Crippen LogP contribution in [0, 0.1) is 6.92 Å². The van der Waals surface area contributed by atoms with Gasteiger partial charge in [-0.1, -0.05) is 54.1 Å². The normalized spacial score (nSPS) is 13.3. The molecule has 0 atom stereocenters. The summed E-state index contributed by atoms with van der Waals surface area (Å²) in [4.78, 5) is 25.8. The highest BCUT2D eigenvalue weighted by molar-refractivity contribution is 6.10. The lowest BCUT2D eigenvalue weighted by Crippen LogP contribution is -2.22. The highest BCUT2D eigenvalue weighted by atomic mass is 16.4. The molecule has 4 aromatic rings. The van der Waals surface area contributed by atoms with Crippen LogP contribution in [0.5, 0.6) is 0 Å². The second kappa shape index (κ2) is 7.85. The number of rotatable bonds is 5. The van der Waals surface area contributed by atoms with E-state index in [1.54, 1.807) is 4.90 Å². The summed E-state index contributed by atoms with van der Waals surface area (Å²) >= 11 is 0. The van der Waals surface area contributed by atoms with Crippen LogP contribution in [0.4, 0.5) is 5.69 Å². The maximum Gasteiger partial charge on any atom is 0.307 e. The Kier molecular flexibility index (Phi) is 4.86. The Morgan fingerprint density at radius 2 is 1.91 bits per heavy atom. The van der Waals surface area contributed by atoms with Crippen molar-refractivity contribution in [2.75, 3.05) is 4.90 Å². The molecule has 0 radical (unpaired) electrons. The number of hydrogen-bond donors (Lipinski definition) is 1. The molecule has 0 fully saturated rings. The van der Waals surface area contributed by atoms with Crippen molar-refractivity contribution in [3.63, 3.8) is 0 Å². The average molecular weight is 423 g/mol. The van der Waals surface area contributed by atoms with Crippen molar-refractivity contribution < 1.29 is 19.1 Å². The van der Waals surface area contributed by atoms with E-state index in [4.69, 9.17) is 9.52 Å². The molecule has 5 rings (SSSR count). The highest BCUT2D eigenvalue weighted by Gasteiger charge is 2.29. The number of benzene rings is 3. The van der Waals surface area contributed by atoms with Gasteiger partial charge in [0.25, 0.3) is 5.91 Å². The van der Waals surface area contributed by atoms with Crippen molar-refractivity contribution >= 4 is 40.7 Å². The van der Waals surface area contributed by atoms with Crippen LogP contribution in [0.15, 0.2) is 71.3 Å². The molecule has 0 aliphatic carbocycles. The first-order valence-corrected chi connectivity index (χ1v) is 10.4. The van der Waals surface area contributed by atoms with Crippen molar-refractivity contribution in [3.8, 4) is 0 Å². The van der Waals surface area contributed by atoms with Gasteiger partial charge < -0.3 is 14.4 Å². The molecule has 32 heavy (non-hydrogen) atoms. The number of hydrogen-bond acceptors (Lipinski definition) is 3. The lowest BCUT2D eigenvalue weighted by Gasteiger charge is -2.15. The van der Waals surface area contributed by atoms with Gasteiger partial charge in [0.15, 0.2) is 0 Å². The largest absolute Gasteiger partial charge is 0.481 e. The summed E-state index contributed by atoms with van der Waals surface area (Å²) in [5, 5.41) is 9.84. The van der Waals surface area contributed by atoms with Gasteiger partial charge in [-0.25, -0.2) is 0 Å². The summed E-state index contributed by atoms with van der Waals surface area (Å²) < 4.78 is 5.55.